The monoisotopic (exact) mass is 309 g/mol. The summed E-state index contributed by atoms with van der Waals surface area (Å²) in [5.74, 6) is 0.282. The van der Waals surface area contributed by atoms with Gasteiger partial charge in [0.05, 0.1) is 0 Å². The molecule has 0 amide bonds. The van der Waals surface area contributed by atoms with Gasteiger partial charge >= 0.3 is 5.97 Å². The molecule has 0 bridgehead atoms. The number of rotatable bonds is 7. The molecule has 0 aliphatic rings. The van der Waals surface area contributed by atoms with Crippen molar-refractivity contribution in [1.82, 2.24) is 5.32 Å². The van der Waals surface area contributed by atoms with Gasteiger partial charge in [-0.1, -0.05) is 18.2 Å². The van der Waals surface area contributed by atoms with Crippen LogP contribution in [0.2, 0.25) is 0 Å². The number of carboxylic acids is 1. The van der Waals surface area contributed by atoms with E-state index in [-0.39, 0.29) is 0 Å². The summed E-state index contributed by atoms with van der Waals surface area (Å²) in [5, 5.41) is 13.8. The number of nitrogens with one attached hydrogen (secondary N) is 1. The second kappa shape index (κ2) is 7.11. The average molecular weight is 309 g/mol. The Bertz CT molecular complexity index is 595. The molecule has 0 fully saturated rings. The molecule has 108 valence electrons. The number of thioether (sulfide) groups is 1. The standard InChI is InChI=1S/C15H19NO2S2/c1-10(7-8-19-2)16-9-12-11-5-3-4-6-13(11)20-14(12)15(17)18/h3-6,10,16H,7-9H2,1-2H3,(H,17,18). The Morgan fingerprint density at radius 2 is 2.20 bits per heavy atom. The van der Waals surface area contributed by atoms with Crippen LogP contribution < -0.4 is 5.32 Å². The topological polar surface area (TPSA) is 49.3 Å². The fourth-order valence-corrected chi connectivity index (χ4v) is 3.77. The third-order valence-electron chi connectivity index (χ3n) is 3.27. The first-order valence-corrected chi connectivity index (χ1v) is 8.80. The molecule has 1 heterocycles. The molecule has 0 aliphatic heterocycles. The van der Waals surface area contributed by atoms with Crippen LogP contribution in [0.25, 0.3) is 10.1 Å². The Hall–Kier alpha value is -1.04. The molecule has 1 aromatic heterocycles. The number of thiophene rings is 1. The van der Waals surface area contributed by atoms with Gasteiger partial charge in [-0.25, -0.2) is 4.79 Å². The van der Waals surface area contributed by atoms with Crippen molar-refractivity contribution in [3.63, 3.8) is 0 Å². The van der Waals surface area contributed by atoms with E-state index >= 15 is 0 Å². The van der Waals surface area contributed by atoms with E-state index in [0.29, 0.717) is 17.5 Å². The van der Waals surface area contributed by atoms with E-state index in [1.54, 1.807) is 0 Å². The molecule has 1 aromatic carbocycles. The molecular formula is C15H19NO2S2. The number of fused-ring (bicyclic) bond motifs is 1. The zero-order chi connectivity index (χ0) is 14.5. The van der Waals surface area contributed by atoms with Crippen LogP contribution in [0.1, 0.15) is 28.6 Å². The maximum atomic E-state index is 11.4. The second-order valence-corrected chi connectivity index (χ2v) is 6.81. The minimum atomic E-state index is -0.834. The van der Waals surface area contributed by atoms with Crippen molar-refractivity contribution in [2.75, 3.05) is 12.0 Å². The van der Waals surface area contributed by atoms with Crippen LogP contribution in [0, 0.1) is 0 Å². The van der Waals surface area contributed by atoms with Gasteiger partial charge in [0.15, 0.2) is 0 Å². The fourth-order valence-electron chi connectivity index (χ4n) is 2.12. The molecule has 0 radical (unpaired) electrons. The maximum absolute atomic E-state index is 11.4. The number of carbonyl (C=O) groups is 1. The van der Waals surface area contributed by atoms with Crippen LogP contribution >= 0.6 is 23.1 Å². The average Bonchev–Trinajstić information content (AvgIpc) is 2.82. The quantitative estimate of drug-likeness (QED) is 0.816. The van der Waals surface area contributed by atoms with Crippen molar-refractivity contribution in [3.05, 3.63) is 34.7 Å². The van der Waals surface area contributed by atoms with E-state index < -0.39 is 5.97 Å². The van der Waals surface area contributed by atoms with Crippen LogP contribution in [0.4, 0.5) is 0 Å². The van der Waals surface area contributed by atoms with Gasteiger partial charge in [-0.15, -0.1) is 11.3 Å². The lowest BCUT2D eigenvalue weighted by Gasteiger charge is -2.13. The summed E-state index contributed by atoms with van der Waals surface area (Å²) in [5.41, 5.74) is 0.911. The summed E-state index contributed by atoms with van der Waals surface area (Å²) in [6.07, 6.45) is 3.19. The molecule has 5 heteroatoms. The van der Waals surface area contributed by atoms with Crippen LogP contribution in [0.5, 0.6) is 0 Å². The second-order valence-electron chi connectivity index (χ2n) is 4.77. The lowest BCUT2D eigenvalue weighted by molar-refractivity contribution is 0.0701. The first-order valence-electron chi connectivity index (χ1n) is 6.59. The molecule has 0 aliphatic carbocycles. The smallest absolute Gasteiger partial charge is 0.346 e. The van der Waals surface area contributed by atoms with E-state index in [9.17, 15) is 9.90 Å². The Balaban J connectivity index is 2.19. The zero-order valence-corrected chi connectivity index (χ0v) is 13.3. The number of hydrogen-bond donors (Lipinski definition) is 2. The van der Waals surface area contributed by atoms with Crippen molar-refractivity contribution in [2.45, 2.75) is 25.9 Å². The molecule has 20 heavy (non-hydrogen) atoms. The molecule has 2 rings (SSSR count). The van der Waals surface area contributed by atoms with Crippen LogP contribution in [-0.4, -0.2) is 29.1 Å². The molecule has 0 saturated carbocycles. The third kappa shape index (κ3) is 3.53. The highest BCUT2D eigenvalue weighted by Crippen LogP contribution is 2.31. The van der Waals surface area contributed by atoms with Gasteiger partial charge in [0.1, 0.15) is 4.88 Å². The van der Waals surface area contributed by atoms with E-state index in [2.05, 4.69) is 18.5 Å². The van der Waals surface area contributed by atoms with Crippen LogP contribution in [-0.2, 0) is 6.54 Å². The highest BCUT2D eigenvalue weighted by atomic mass is 32.2. The summed E-state index contributed by atoms with van der Waals surface area (Å²) < 4.78 is 1.04. The van der Waals surface area contributed by atoms with E-state index in [1.165, 1.54) is 11.3 Å². The van der Waals surface area contributed by atoms with Crippen molar-refractivity contribution in [3.8, 4) is 0 Å². The van der Waals surface area contributed by atoms with Gasteiger partial charge in [-0.05, 0) is 42.4 Å². The molecule has 0 saturated heterocycles. The highest BCUT2D eigenvalue weighted by Gasteiger charge is 2.17. The van der Waals surface area contributed by atoms with Gasteiger partial charge in [-0.3, -0.25) is 0 Å². The largest absolute Gasteiger partial charge is 0.477 e. The van der Waals surface area contributed by atoms with E-state index in [0.717, 1.165) is 27.8 Å². The van der Waals surface area contributed by atoms with E-state index in [4.69, 9.17) is 0 Å². The highest BCUT2D eigenvalue weighted by molar-refractivity contribution is 7.98. The fraction of sp³-hybridized carbons (Fsp3) is 0.400. The molecule has 3 nitrogen and oxygen atoms in total. The van der Waals surface area contributed by atoms with Crippen LogP contribution in [0.3, 0.4) is 0 Å². The minimum absolute atomic E-state index is 0.391. The lowest BCUT2D eigenvalue weighted by atomic mass is 10.1. The Kier molecular flexibility index (Phi) is 5.46. The molecule has 1 unspecified atom stereocenters. The molecule has 1 atom stereocenters. The van der Waals surface area contributed by atoms with Crippen molar-refractivity contribution < 1.29 is 9.90 Å². The van der Waals surface area contributed by atoms with Gasteiger partial charge in [0.25, 0.3) is 0 Å². The summed E-state index contributed by atoms with van der Waals surface area (Å²) in [4.78, 5) is 11.8. The predicted molar refractivity (Wildman–Crippen MR) is 88.1 cm³/mol. The Morgan fingerprint density at radius 3 is 2.90 bits per heavy atom. The summed E-state index contributed by atoms with van der Waals surface area (Å²) in [6.45, 7) is 2.76. The predicted octanol–water partition coefficient (Wildman–Crippen LogP) is 3.83. The summed E-state index contributed by atoms with van der Waals surface area (Å²) in [6, 6.07) is 8.28. The van der Waals surface area contributed by atoms with Crippen molar-refractivity contribution in [1.29, 1.82) is 0 Å². The Labute approximate surface area is 127 Å². The Morgan fingerprint density at radius 1 is 1.45 bits per heavy atom. The van der Waals surface area contributed by atoms with Gasteiger partial charge in [-0.2, -0.15) is 11.8 Å². The van der Waals surface area contributed by atoms with Crippen LogP contribution in [0.15, 0.2) is 24.3 Å². The molecule has 2 N–H and O–H groups in total. The minimum Gasteiger partial charge on any atom is -0.477 e. The number of benzene rings is 1. The van der Waals surface area contributed by atoms with Gasteiger partial charge < -0.3 is 10.4 Å². The molecule has 2 aromatic rings. The maximum Gasteiger partial charge on any atom is 0.346 e. The summed E-state index contributed by atoms with van der Waals surface area (Å²) in [7, 11) is 0. The number of hydrogen-bond acceptors (Lipinski definition) is 4. The van der Waals surface area contributed by atoms with E-state index in [1.807, 2.05) is 36.0 Å². The van der Waals surface area contributed by atoms with Crippen molar-refractivity contribution in [2.24, 2.45) is 0 Å². The van der Waals surface area contributed by atoms with Gasteiger partial charge in [0, 0.05) is 17.3 Å². The lowest BCUT2D eigenvalue weighted by Crippen LogP contribution is -2.26. The SMILES string of the molecule is CSCCC(C)NCc1c(C(=O)O)sc2ccccc12. The molecule has 0 spiro atoms. The first-order chi connectivity index (χ1) is 9.63. The number of aromatic carboxylic acids is 1. The number of carboxylic acid groups (broad SMARTS) is 1. The zero-order valence-electron chi connectivity index (χ0n) is 11.7. The third-order valence-corrected chi connectivity index (χ3v) is 5.12. The summed E-state index contributed by atoms with van der Waals surface area (Å²) >= 11 is 3.19. The molecular weight excluding hydrogens is 290 g/mol. The normalized spacial score (nSPS) is 12.7. The van der Waals surface area contributed by atoms with Gasteiger partial charge in [0.2, 0.25) is 0 Å². The first kappa shape index (κ1) is 15.4. The van der Waals surface area contributed by atoms with Crippen molar-refractivity contribution >= 4 is 39.2 Å².